The van der Waals surface area contributed by atoms with Crippen molar-refractivity contribution in [3.63, 3.8) is 0 Å². The topological polar surface area (TPSA) is 49.3 Å². The molecule has 1 heterocycles. The molecule has 0 aromatic rings. The average molecular weight is 150 g/mol. The maximum absolute atomic E-state index is 10.2. The second-order valence-corrected chi connectivity index (χ2v) is 2.75. The van der Waals surface area contributed by atoms with E-state index in [1.165, 1.54) is 0 Å². The highest BCUT2D eigenvalue weighted by Gasteiger charge is 2.27. The van der Waals surface area contributed by atoms with Crippen molar-refractivity contribution in [3.8, 4) is 0 Å². The third kappa shape index (κ3) is 1.56. The van der Waals surface area contributed by atoms with Crippen LogP contribution in [0.25, 0.3) is 0 Å². The Morgan fingerprint density at radius 2 is 2.44 bits per heavy atom. The Labute approximate surface area is 58.0 Å². The largest absolute Gasteiger partial charge is 0.480 e. The molecule has 0 saturated carbocycles. The van der Waals surface area contributed by atoms with E-state index in [4.69, 9.17) is 16.7 Å². The van der Waals surface area contributed by atoms with Gasteiger partial charge < -0.3 is 10.4 Å². The summed E-state index contributed by atoms with van der Waals surface area (Å²) in [5.41, 5.74) is 0. The lowest BCUT2D eigenvalue weighted by Gasteiger charge is -1.99. The van der Waals surface area contributed by atoms with Gasteiger partial charge in [-0.1, -0.05) is 0 Å². The summed E-state index contributed by atoms with van der Waals surface area (Å²) in [4.78, 5) is 10.2. The van der Waals surface area contributed by atoms with Crippen molar-refractivity contribution >= 4 is 17.6 Å². The number of aliphatic carboxylic acids is 1. The number of alkyl halides is 1. The van der Waals surface area contributed by atoms with Crippen LogP contribution in [0.1, 0.15) is 6.42 Å². The molecular formula is C5H8ClNO2. The van der Waals surface area contributed by atoms with Crippen molar-refractivity contribution in [2.24, 2.45) is 0 Å². The van der Waals surface area contributed by atoms with Gasteiger partial charge in [0.1, 0.15) is 6.04 Å². The second kappa shape index (κ2) is 2.54. The maximum Gasteiger partial charge on any atom is 0.320 e. The zero-order valence-electron chi connectivity index (χ0n) is 4.80. The lowest BCUT2D eigenvalue weighted by Crippen LogP contribution is -2.29. The van der Waals surface area contributed by atoms with Gasteiger partial charge in [-0.2, -0.15) is 0 Å². The SMILES string of the molecule is O=C(O)[C@@H]1CC(Cl)CN1. The van der Waals surface area contributed by atoms with Gasteiger partial charge in [-0.15, -0.1) is 11.6 Å². The summed E-state index contributed by atoms with van der Waals surface area (Å²) in [5, 5.41) is 11.2. The molecule has 0 aromatic heterocycles. The molecule has 2 atom stereocenters. The summed E-state index contributed by atoms with van der Waals surface area (Å²) >= 11 is 5.63. The Morgan fingerprint density at radius 3 is 2.67 bits per heavy atom. The van der Waals surface area contributed by atoms with Crippen LogP contribution in [0.5, 0.6) is 0 Å². The van der Waals surface area contributed by atoms with Gasteiger partial charge in [0.2, 0.25) is 0 Å². The van der Waals surface area contributed by atoms with Gasteiger partial charge in [0.15, 0.2) is 0 Å². The molecule has 1 aliphatic rings. The van der Waals surface area contributed by atoms with Gasteiger partial charge in [-0.3, -0.25) is 4.79 Å². The van der Waals surface area contributed by atoms with Crippen LogP contribution in [0.4, 0.5) is 0 Å². The first-order valence-corrected chi connectivity index (χ1v) is 3.24. The Morgan fingerprint density at radius 1 is 1.78 bits per heavy atom. The van der Waals surface area contributed by atoms with Crippen molar-refractivity contribution in [3.05, 3.63) is 0 Å². The van der Waals surface area contributed by atoms with Gasteiger partial charge in [0.05, 0.1) is 0 Å². The van der Waals surface area contributed by atoms with Crippen molar-refractivity contribution in [1.82, 2.24) is 5.32 Å². The quantitative estimate of drug-likeness (QED) is 0.518. The molecule has 1 aliphatic heterocycles. The summed E-state index contributed by atoms with van der Waals surface area (Å²) < 4.78 is 0. The van der Waals surface area contributed by atoms with Crippen LogP contribution in [0.3, 0.4) is 0 Å². The number of hydrogen-bond acceptors (Lipinski definition) is 2. The molecule has 1 saturated heterocycles. The molecule has 3 nitrogen and oxygen atoms in total. The van der Waals surface area contributed by atoms with Crippen LogP contribution < -0.4 is 5.32 Å². The highest BCUT2D eigenvalue weighted by molar-refractivity contribution is 6.21. The minimum absolute atomic E-state index is 0.00824. The number of carbonyl (C=O) groups is 1. The minimum atomic E-state index is -0.807. The average Bonchev–Trinajstić information content (AvgIpc) is 2.14. The number of rotatable bonds is 1. The van der Waals surface area contributed by atoms with Gasteiger partial charge >= 0.3 is 5.97 Å². The van der Waals surface area contributed by atoms with E-state index in [-0.39, 0.29) is 5.38 Å². The fraction of sp³-hybridized carbons (Fsp3) is 0.800. The van der Waals surface area contributed by atoms with Crippen LogP contribution in [-0.4, -0.2) is 29.0 Å². The molecule has 0 radical (unpaired) electrons. The van der Waals surface area contributed by atoms with E-state index in [1.54, 1.807) is 0 Å². The van der Waals surface area contributed by atoms with E-state index in [0.717, 1.165) is 0 Å². The first-order valence-electron chi connectivity index (χ1n) is 2.80. The van der Waals surface area contributed by atoms with E-state index in [0.29, 0.717) is 13.0 Å². The van der Waals surface area contributed by atoms with Crippen molar-refractivity contribution in [2.45, 2.75) is 17.8 Å². The van der Waals surface area contributed by atoms with Crippen molar-refractivity contribution in [1.29, 1.82) is 0 Å². The number of carboxylic acid groups (broad SMARTS) is 1. The third-order valence-electron chi connectivity index (χ3n) is 1.38. The molecule has 0 amide bonds. The molecule has 1 fully saturated rings. The second-order valence-electron chi connectivity index (χ2n) is 2.13. The van der Waals surface area contributed by atoms with Gasteiger partial charge in [0, 0.05) is 11.9 Å². The molecular weight excluding hydrogens is 142 g/mol. The maximum atomic E-state index is 10.2. The summed E-state index contributed by atoms with van der Waals surface area (Å²) in [6.07, 6.45) is 0.539. The van der Waals surface area contributed by atoms with Crippen molar-refractivity contribution < 1.29 is 9.90 Å². The van der Waals surface area contributed by atoms with Crippen LogP contribution in [0, 0.1) is 0 Å². The number of carboxylic acids is 1. The van der Waals surface area contributed by atoms with Gasteiger partial charge in [-0.25, -0.2) is 0 Å². The normalized spacial score (nSPS) is 34.8. The zero-order chi connectivity index (χ0) is 6.85. The van der Waals surface area contributed by atoms with Crippen molar-refractivity contribution in [2.75, 3.05) is 6.54 Å². The lowest BCUT2D eigenvalue weighted by molar-refractivity contribution is -0.139. The number of hydrogen-bond donors (Lipinski definition) is 2. The number of nitrogens with one attached hydrogen (secondary N) is 1. The molecule has 0 spiro atoms. The molecule has 0 aliphatic carbocycles. The molecule has 52 valence electrons. The molecule has 2 N–H and O–H groups in total. The first kappa shape index (κ1) is 6.83. The highest BCUT2D eigenvalue weighted by atomic mass is 35.5. The highest BCUT2D eigenvalue weighted by Crippen LogP contribution is 2.11. The molecule has 1 unspecified atom stereocenters. The summed E-state index contributed by atoms with van der Waals surface area (Å²) in [6.45, 7) is 0.610. The monoisotopic (exact) mass is 149 g/mol. The number of halogens is 1. The summed E-state index contributed by atoms with van der Waals surface area (Å²) in [6, 6.07) is -0.424. The molecule has 4 heteroatoms. The smallest absolute Gasteiger partial charge is 0.320 e. The molecule has 9 heavy (non-hydrogen) atoms. The molecule has 0 bridgehead atoms. The van der Waals surface area contributed by atoms with E-state index >= 15 is 0 Å². The zero-order valence-corrected chi connectivity index (χ0v) is 5.56. The van der Waals surface area contributed by atoms with Gasteiger partial charge in [-0.05, 0) is 6.42 Å². The predicted molar refractivity (Wildman–Crippen MR) is 33.7 cm³/mol. The van der Waals surface area contributed by atoms with E-state index in [1.807, 2.05) is 0 Å². The Balaban J connectivity index is 2.39. The van der Waals surface area contributed by atoms with Crippen LogP contribution in [0.2, 0.25) is 0 Å². The Hall–Kier alpha value is -0.280. The molecule has 0 aromatic carbocycles. The fourth-order valence-electron chi connectivity index (χ4n) is 0.881. The van der Waals surface area contributed by atoms with E-state index in [9.17, 15) is 4.79 Å². The Bertz CT molecular complexity index is 128. The summed E-state index contributed by atoms with van der Waals surface area (Å²) in [5.74, 6) is -0.807. The van der Waals surface area contributed by atoms with E-state index in [2.05, 4.69) is 5.32 Å². The predicted octanol–water partition coefficient (Wildman–Crippen LogP) is 0.0403. The summed E-state index contributed by atoms with van der Waals surface area (Å²) in [7, 11) is 0. The first-order chi connectivity index (χ1) is 4.20. The van der Waals surface area contributed by atoms with Gasteiger partial charge in [0.25, 0.3) is 0 Å². The minimum Gasteiger partial charge on any atom is -0.480 e. The Kier molecular flexibility index (Phi) is 1.93. The van der Waals surface area contributed by atoms with Crippen LogP contribution in [-0.2, 0) is 4.79 Å². The van der Waals surface area contributed by atoms with Crippen LogP contribution >= 0.6 is 11.6 Å². The fourth-order valence-corrected chi connectivity index (χ4v) is 1.15. The van der Waals surface area contributed by atoms with Crippen LogP contribution in [0.15, 0.2) is 0 Å². The standard InChI is InChI=1S/C5H8ClNO2/c6-3-1-4(5(8)9)7-2-3/h3-4,7H,1-2H2,(H,8,9)/t3?,4-/m0/s1. The lowest BCUT2D eigenvalue weighted by atomic mass is 10.2. The van der Waals surface area contributed by atoms with E-state index < -0.39 is 12.0 Å². The third-order valence-corrected chi connectivity index (χ3v) is 1.71. The molecule has 1 rings (SSSR count).